The number of anilines is 1. The number of phenolic OH excluding ortho intramolecular Hbond substituents is 1. The van der Waals surface area contributed by atoms with E-state index in [1.165, 1.54) is 22.7 Å². The van der Waals surface area contributed by atoms with Gasteiger partial charge in [0.05, 0.1) is 18.5 Å². The van der Waals surface area contributed by atoms with E-state index >= 15 is 0 Å². The maximum atomic E-state index is 11.9. The summed E-state index contributed by atoms with van der Waals surface area (Å²) in [6.07, 6.45) is 1.17. The van der Waals surface area contributed by atoms with Crippen molar-refractivity contribution in [3.05, 3.63) is 60.2 Å². The van der Waals surface area contributed by atoms with E-state index in [2.05, 4.69) is 0 Å². The van der Waals surface area contributed by atoms with Crippen LogP contribution >= 0.6 is 0 Å². The molecule has 0 atom stereocenters. The van der Waals surface area contributed by atoms with Crippen LogP contribution in [0.2, 0.25) is 0 Å². The molecule has 0 radical (unpaired) electrons. The van der Waals surface area contributed by atoms with Crippen molar-refractivity contribution in [2.75, 3.05) is 10.6 Å². The van der Waals surface area contributed by atoms with Crippen LogP contribution in [0, 0.1) is 0 Å². The number of nitrogens with zero attached hydrogens (tertiary/aromatic N) is 1. The molecule has 2 aromatic carbocycles. The molecular formula is C14H15NO3S. The standard InChI is InChI=1S/C14H15NO3S/c1-19(17,18)15(11-12-5-3-2-4-6-12)13-7-9-14(16)10-8-13/h2-10,16H,11H2,1H3. The molecule has 5 heteroatoms. The molecule has 0 saturated carbocycles. The van der Waals surface area contributed by atoms with Crippen molar-refractivity contribution >= 4 is 15.7 Å². The normalized spacial score (nSPS) is 11.2. The molecule has 0 aromatic heterocycles. The van der Waals surface area contributed by atoms with Crippen LogP contribution in [-0.2, 0) is 16.6 Å². The first kappa shape index (κ1) is 13.4. The molecule has 1 N–H and O–H groups in total. The van der Waals surface area contributed by atoms with Crippen molar-refractivity contribution in [3.63, 3.8) is 0 Å². The third kappa shape index (κ3) is 3.48. The molecule has 0 aliphatic carbocycles. The van der Waals surface area contributed by atoms with Crippen molar-refractivity contribution in [3.8, 4) is 5.75 Å². The van der Waals surface area contributed by atoms with Gasteiger partial charge in [0.25, 0.3) is 0 Å². The molecule has 0 amide bonds. The van der Waals surface area contributed by atoms with Crippen LogP contribution in [0.4, 0.5) is 5.69 Å². The summed E-state index contributed by atoms with van der Waals surface area (Å²) in [6, 6.07) is 15.5. The van der Waals surface area contributed by atoms with Gasteiger partial charge in [0, 0.05) is 0 Å². The third-order valence-electron chi connectivity index (χ3n) is 2.71. The molecule has 0 bridgehead atoms. The van der Waals surface area contributed by atoms with Gasteiger partial charge in [-0.3, -0.25) is 4.31 Å². The first-order valence-corrected chi connectivity index (χ1v) is 7.62. The third-order valence-corrected chi connectivity index (χ3v) is 3.85. The molecule has 0 saturated heterocycles. The first-order chi connectivity index (χ1) is 8.97. The molecule has 0 spiro atoms. The topological polar surface area (TPSA) is 57.6 Å². The van der Waals surface area contributed by atoms with Gasteiger partial charge < -0.3 is 5.11 Å². The average Bonchev–Trinajstić information content (AvgIpc) is 2.37. The maximum absolute atomic E-state index is 11.9. The number of phenols is 1. The summed E-state index contributed by atoms with van der Waals surface area (Å²) >= 11 is 0. The fraction of sp³-hybridized carbons (Fsp3) is 0.143. The second kappa shape index (κ2) is 5.32. The molecule has 100 valence electrons. The SMILES string of the molecule is CS(=O)(=O)N(Cc1ccccc1)c1ccc(O)cc1. The summed E-state index contributed by atoms with van der Waals surface area (Å²) < 4.78 is 25.1. The molecule has 0 unspecified atom stereocenters. The highest BCUT2D eigenvalue weighted by molar-refractivity contribution is 7.92. The lowest BCUT2D eigenvalue weighted by Crippen LogP contribution is -2.29. The zero-order valence-electron chi connectivity index (χ0n) is 10.5. The number of aromatic hydroxyl groups is 1. The highest BCUT2D eigenvalue weighted by atomic mass is 32.2. The Hall–Kier alpha value is -2.01. The van der Waals surface area contributed by atoms with Crippen molar-refractivity contribution in [1.29, 1.82) is 0 Å². The van der Waals surface area contributed by atoms with Crippen molar-refractivity contribution in [2.45, 2.75) is 6.54 Å². The zero-order chi connectivity index (χ0) is 13.9. The molecule has 0 aliphatic heterocycles. The quantitative estimate of drug-likeness (QED) is 0.933. The summed E-state index contributed by atoms with van der Waals surface area (Å²) in [6.45, 7) is 0.268. The number of sulfonamides is 1. The number of hydrogen-bond donors (Lipinski definition) is 1. The summed E-state index contributed by atoms with van der Waals surface area (Å²) in [4.78, 5) is 0. The van der Waals surface area contributed by atoms with Gasteiger partial charge in [0.2, 0.25) is 10.0 Å². The van der Waals surface area contributed by atoms with Crippen molar-refractivity contribution in [1.82, 2.24) is 0 Å². The van der Waals surface area contributed by atoms with Gasteiger partial charge in [0.15, 0.2) is 0 Å². The highest BCUT2D eigenvalue weighted by Gasteiger charge is 2.17. The van der Waals surface area contributed by atoms with Crippen LogP contribution in [0.5, 0.6) is 5.75 Å². The van der Waals surface area contributed by atoms with E-state index in [1.54, 1.807) is 12.1 Å². The van der Waals surface area contributed by atoms with Gasteiger partial charge in [0.1, 0.15) is 5.75 Å². The van der Waals surface area contributed by atoms with Gasteiger partial charge in [-0.05, 0) is 29.8 Å². The fourth-order valence-corrected chi connectivity index (χ4v) is 2.66. The smallest absolute Gasteiger partial charge is 0.232 e. The lowest BCUT2D eigenvalue weighted by Gasteiger charge is -2.22. The summed E-state index contributed by atoms with van der Waals surface area (Å²) in [5, 5.41) is 9.26. The van der Waals surface area contributed by atoms with E-state index in [-0.39, 0.29) is 12.3 Å². The van der Waals surface area contributed by atoms with Crippen LogP contribution in [0.15, 0.2) is 54.6 Å². The van der Waals surface area contributed by atoms with Crippen molar-refractivity contribution in [2.24, 2.45) is 0 Å². The monoisotopic (exact) mass is 277 g/mol. The second-order valence-corrected chi connectivity index (χ2v) is 6.18. The molecule has 2 aromatic rings. The Kier molecular flexibility index (Phi) is 3.76. The lowest BCUT2D eigenvalue weighted by molar-refractivity contribution is 0.475. The molecule has 19 heavy (non-hydrogen) atoms. The lowest BCUT2D eigenvalue weighted by atomic mass is 10.2. The Morgan fingerprint density at radius 1 is 1.00 bits per heavy atom. The summed E-state index contributed by atoms with van der Waals surface area (Å²) in [5.74, 6) is 0.108. The van der Waals surface area contributed by atoms with E-state index in [4.69, 9.17) is 0 Å². The van der Waals surface area contributed by atoms with Crippen LogP contribution < -0.4 is 4.31 Å². The van der Waals surface area contributed by atoms with E-state index in [0.717, 1.165) is 5.56 Å². The van der Waals surface area contributed by atoms with Crippen molar-refractivity contribution < 1.29 is 13.5 Å². The van der Waals surface area contributed by atoms with Gasteiger partial charge >= 0.3 is 0 Å². The Bertz CT molecular complexity index is 636. The minimum absolute atomic E-state index is 0.108. The van der Waals surface area contributed by atoms with Gasteiger partial charge in [-0.15, -0.1) is 0 Å². The molecule has 4 nitrogen and oxygen atoms in total. The van der Waals surface area contributed by atoms with E-state index < -0.39 is 10.0 Å². The molecule has 0 fully saturated rings. The summed E-state index contributed by atoms with van der Waals surface area (Å²) in [5.41, 5.74) is 1.44. The number of rotatable bonds is 4. The maximum Gasteiger partial charge on any atom is 0.232 e. The molecular weight excluding hydrogens is 262 g/mol. The Balaban J connectivity index is 2.35. The predicted molar refractivity (Wildman–Crippen MR) is 75.6 cm³/mol. The number of benzene rings is 2. The predicted octanol–water partition coefficient (Wildman–Crippen LogP) is 2.36. The Morgan fingerprint density at radius 3 is 2.11 bits per heavy atom. The van der Waals surface area contributed by atoms with Crippen LogP contribution in [0.25, 0.3) is 0 Å². The first-order valence-electron chi connectivity index (χ1n) is 5.77. The van der Waals surface area contributed by atoms with Crippen LogP contribution in [0.3, 0.4) is 0 Å². The van der Waals surface area contributed by atoms with Gasteiger partial charge in [-0.1, -0.05) is 30.3 Å². The van der Waals surface area contributed by atoms with Crippen LogP contribution in [-0.4, -0.2) is 19.8 Å². The highest BCUT2D eigenvalue weighted by Crippen LogP contribution is 2.22. The molecule has 2 rings (SSSR count). The second-order valence-electron chi connectivity index (χ2n) is 4.27. The van der Waals surface area contributed by atoms with Gasteiger partial charge in [-0.2, -0.15) is 0 Å². The Labute approximate surface area is 113 Å². The summed E-state index contributed by atoms with van der Waals surface area (Å²) in [7, 11) is -3.38. The Morgan fingerprint density at radius 2 is 1.58 bits per heavy atom. The van der Waals surface area contributed by atoms with Crippen LogP contribution in [0.1, 0.15) is 5.56 Å². The van der Waals surface area contributed by atoms with Gasteiger partial charge in [-0.25, -0.2) is 8.42 Å². The number of hydrogen-bond acceptors (Lipinski definition) is 3. The van der Waals surface area contributed by atoms with E-state index in [1.807, 2.05) is 30.3 Å². The van der Waals surface area contributed by atoms with E-state index in [0.29, 0.717) is 5.69 Å². The zero-order valence-corrected chi connectivity index (χ0v) is 11.3. The van der Waals surface area contributed by atoms with E-state index in [9.17, 15) is 13.5 Å². The molecule has 0 heterocycles. The fourth-order valence-electron chi connectivity index (χ4n) is 1.77. The molecule has 0 aliphatic rings. The minimum atomic E-state index is -3.38. The largest absolute Gasteiger partial charge is 0.508 e. The average molecular weight is 277 g/mol. The minimum Gasteiger partial charge on any atom is -0.508 e.